The minimum atomic E-state index is -0.0666. The second kappa shape index (κ2) is 5.25. The molecule has 0 unspecified atom stereocenters. The fourth-order valence-electron chi connectivity index (χ4n) is 1.83. The zero-order valence-electron chi connectivity index (χ0n) is 11.3. The van der Waals surface area contributed by atoms with Crippen molar-refractivity contribution in [1.82, 2.24) is 10.3 Å². The molecule has 1 fully saturated rings. The van der Waals surface area contributed by atoms with Crippen LogP contribution in [0.25, 0.3) is 0 Å². The van der Waals surface area contributed by atoms with Crippen LogP contribution < -0.4 is 5.32 Å². The lowest BCUT2D eigenvalue weighted by Gasteiger charge is -2.39. The number of aliphatic hydroxyl groups excluding tert-OH is 1. The summed E-state index contributed by atoms with van der Waals surface area (Å²) in [5, 5.41) is 16.0. The highest BCUT2D eigenvalue weighted by Crippen LogP contribution is 2.27. The average Bonchev–Trinajstić information content (AvgIpc) is 2.70. The molecule has 0 radical (unpaired) electrons. The molecule has 0 bridgehead atoms. The molecule has 0 spiro atoms. The zero-order valence-corrected chi connectivity index (χ0v) is 12.1. The van der Waals surface area contributed by atoms with Gasteiger partial charge in [0.15, 0.2) is 0 Å². The second-order valence-corrected chi connectivity index (χ2v) is 7.01. The van der Waals surface area contributed by atoms with E-state index in [2.05, 4.69) is 36.5 Å². The fraction of sp³-hybridized carbons (Fsp3) is 0.769. The smallest absolute Gasteiger partial charge is 0.0982 e. The maximum absolute atomic E-state index is 9.31. The van der Waals surface area contributed by atoms with Gasteiger partial charge < -0.3 is 15.2 Å². The molecule has 0 aliphatic carbocycles. The lowest BCUT2D eigenvalue weighted by atomic mass is 9.87. The topological polar surface area (TPSA) is 54.4 Å². The Morgan fingerprint density at radius 2 is 2.22 bits per heavy atom. The van der Waals surface area contributed by atoms with Crippen LogP contribution in [0.15, 0.2) is 5.38 Å². The minimum absolute atomic E-state index is 0.0666. The zero-order chi connectivity index (χ0) is 13.2. The van der Waals surface area contributed by atoms with Gasteiger partial charge in [0.25, 0.3) is 0 Å². The first-order chi connectivity index (χ1) is 8.45. The van der Waals surface area contributed by atoms with Crippen LogP contribution >= 0.6 is 11.3 Å². The van der Waals surface area contributed by atoms with Crippen LogP contribution in [-0.2, 0) is 16.7 Å². The largest absolute Gasteiger partial charge is 0.396 e. The number of nitrogens with zero attached hydrogens (tertiary/aromatic N) is 1. The molecular weight excluding hydrogens is 248 g/mol. The van der Waals surface area contributed by atoms with Gasteiger partial charge in [0, 0.05) is 23.9 Å². The number of thiazole rings is 1. The van der Waals surface area contributed by atoms with Crippen molar-refractivity contribution < 1.29 is 9.84 Å². The van der Waals surface area contributed by atoms with E-state index in [1.807, 2.05) is 0 Å². The predicted molar refractivity (Wildman–Crippen MR) is 72.9 cm³/mol. The standard InChI is InChI=1S/C13H22N2O2S/c1-12(2,3)11-15-10(5-18-11)4-14-6-13(7-16)8-17-9-13/h5,14,16H,4,6-9H2,1-3H3. The van der Waals surface area contributed by atoms with E-state index in [4.69, 9.17) is 4.74 Å². The van der Waals surface area contributed by atoms with Crippen LogP contribution in [0.4, 0.5) is 0 Å². The van der Waals surface area contributed by atoms with Crippen LogP contribution in [0.2, 0.25) is 0 Å². The van der Waals surface area contributed by atoms with Crippen LogP contribution in [0.3, 0.4) is 0 Å². The molecule has 0 saturated carbocycles. The average molecular weight is 270 g/mol. The Labute approximate surface area is 112 Å². The first-order valence-electron chi connectivity index (χ1n) is 6.29. The molecule has 1 saturated heterocycles. The lowest BCUT2D eigenvalue weighted by Crippen LogP contribution is -2.52. The molecular formula is C13H22N2O2S. The van der Waals surface area contributed by atoms with Gasteiger partial charge >= 0.3 is 0 Å². The summed E-state index contributed by atoms with van der Waals surface area (Å²) < 4.78 is 5.17. The maximum atomic E-state index is 9.31. The molecule has 1 aromatic rings. The normalized spacial score (nSPS) is 18.7. The SMILES string of the molecule is CC(C)(C)c1nc(CNCC2(CO)COC2)cs1. The first kappa shape index (κ1) is 13.9. The van der Waals surface area contributed by atoms with E-state index < -0.39 is 0 Å². The molecule has 2 N–H and O–H groups in total. The molecule has 0 amide bonds. The van der Waals surface area contributed by atoms with Crippen LogP contribution in [0, 0.1) is 5.41 Å². The van der Waals surface area contributed by atoms with Crippen molar-refractivity contribution in [2.75, 3.05) is 26.4 Å². The summed E-state index contributed by atoms with van der Waals surface area (Å²) in [6.45, 7) is 9.56. The Kier molecular flexibility index (Phi) is 4.06. The van der Waals surface area contributed by atoms with Crippen molar-refractivity contribution in [2.45, 2.75) is 32.7 Å². The summed E-state index contributed by atoms with van der Waals surface area (Å²) >= 11 is 1.71. The van der Waals surface area contributed by atoms with Gasteiger partial charge in [-0.15, -0.1) is 11.3 Å². The van der Waals surface area contributed by atoms with E-state index in [1.54, 1.807) is 11.3 Å². The van der Waals surface area contributed by atoms with Gasteiger partial charge in [-0.3, -0.25) is 0 Å². The first-order valence-corrected chi connectivity index (χ1v) is 7.17. The Balaban J connectivity index is 1.82. The Morgan fingerprint density at radius 1 is 1.50 bits per heavy atom. The van der Waals surface area contributed by atoms with Gasteiger partial charge in [-0.1, -0.05) is 20.8 Å². The predicted octanol–water partition coefficient (Wildman–Crippen LogP) is 1.54. The molecule has 2 heterocycles. The Bertz CT molecular complexity index is 388. The maximum Gasteiger partial charge on any atom is 0.0982 e. The Hall–Kier alpha value is -0.490. The summed E-state index contributed by atoms with van der Waals surface area (Å²) in [5.74, 6) is 0. The van der Waals surface area contributed by atoms with Gasteiger partial charge in [0.1, 0.15) is 0 Å². The quantitative estimate of drug-likeness (QED) is 0.852. The van der Waals surface area contributed by atoms with Gasteiger partial charge in [-0.2, -0.15) is 0 Å². The molecule has 0 aromatic carbocycles. The van der Waals surface area contributed by atoms with E-state index in [1.165, 1.54) is 5.01 Å². The van der Waals surface area contributed by atoms with Gasteiger partial charge in [0.05, 0.1) is 35.9 Å². The molecule has 5 heteroatoms. The van der Waals surface area contributed by atoms with Crippen LogP contribution in [0.1, 0.15) is 31.5 Å². The van der Waals surface area contributed by atoms with Crippen molar-refractivity contribution in [3.05, 3.63) is 16.1 Å². The number of ether oxygens (including phenoxy) is 1. The summed E-state index contributed by atoms with van der Waals surface area (Å²) in [5.41, 5.74) is 1.14. The van der Waals surface area contributed by atoms with Crippen molar-refractivity contribution in [3.8, 4) is 0 Å². The number of hydrogen-bond acceptors (Lipinski definition) is 5. The number of nitrogens with one attached hydrogen (secondary N) is 1. The lowest BCUT2D eigenvalue weighted by molar-refractivity contribution is -0.134. The third-order valence-electron chi connectivity index (χ3n) is 3.15. The molecule has 4 nitrogen and oxygen atoms in total. The third-order valence-corrected chi connectivity index (χ3v) is 4.47. The number of aromatic nitrogens is 1. The molecule has 102 valence electrons. The fourth-order valence-corrected chi connectivity index (χ4v) is 2.74. The van der Waals surface area contributed by atoms with Crippen molar-refractivity contribution in [2.24, 2.45) is 5.41 Å². The van der Waals surface area contributed by atoms with E-state index in [9.17, 15) is 5.11 Å². The van der Waals surface area contributed by atoms with E-state index in [-0.39, 0.29) is 17.4 Å². The highest BCUT2D eigenvalue weighted by molar-refractivity contribution is 7.09. The highest BCUT2D eigenvalue weighted by atomic mass is 32.1. The molecule has 1 aromatic heterocycles. The number of rotatable bonds is 5. The van der Waals surface area contributed by atoms with Gasteiger partial charge in [-0.05, 0) is 0 Å². The van der Waals surface area contributed by atoms with Crippen molar-refractivity contribution in [3.63, 3.8) is 0 Å². The monoisotopic (exact) mass is 270 g/mol. The van der Waals surface area contributed by atoms with Gasteiger partial charge in [-0.25, -0.2) is 4.98 Å². The summed E-state index contributed by atoms with van der Waals surface area (Å²) in [6, 6.07) is 0. The Morgan fingerprint density at radius 3 is 2.67 bits per heavy atom. The van der Waals surface area contributed by atoms with Crippen LogP contribution in [-0.4, -0.2) is 36.5 Å². The number of aliphatic hydroxyl groups is 1. The number of hydrogen-bond donors (Lipinski definition) is 2. The summed E-state index contributed by atoms with van der Waals surface area (Å²) in [7, 11) is 0. The van der Waals surface area contributed by atoms with Crippen LogP contribution in [0.5, 0.6) is 0 Å². The second-order valence-electron chi connectivity index (χ2n) is 6.15. The molecule has 0 atom stereocenters. The van der Waals surface area contributed by atoms with Crippen molar-refractivity contribution >= 4 is 11.3 Å². The molecule has 1 aliphatic rings. The highest BCUT2D eigenvalue weighted by Gasteiger charge is 2.37. The van der Waals surface area contributed by atoms with Gasteiger partial charge in [0.2, 0.25) is 0 Å². The summed E-state index contributed by atoms with van der Waals surface area (Å²) in [4.78, 5) is 4.63. The third kappa shape index (κ3) is 3.09. The van der Waals surface area contributed by atoms with E-state index in [0.29, 0.717) is 13.2 Å². The minimum Gasteiger partial charge on any atom is -0.396 e. The summed E-state index contributed by atoms with van der Waals surface area (Å²) in [6.07, 6.45) is 0. The molecule has 18 heavy (non-hydrogen) atoms. The van der Waals surface area contributed by atoms with E-state index in [0.717, 1.165) is 18.8 Å². The van der Waals surface area contributed by atoms with E-state index >= 15 is 0 Å². The molecule has 2 rings (SSSR count). The van der Waals surface area contributed by atoms with Crippen molar-refractivity contribution in [1.29, 1.82) is 0 Å². The molecule has 1 aliphatic heterocycles.